The van der Waals surface area contributed by atoms with E-state index in [1.54, 1.807) is 29.3 Å². The first kappa shape index (κ1) is 22.4. The number of pyridine rings is 1. The van der Waals surface area contributed by atoms with Gasteiger partial charge in [0.05, 0.1) is 35.6 Å². The highest BCUT2D eigenvalue weighted by Gasteiger charge is 2.48. The number of aromatic nitrogens is 4. The number of nitrogens with zero attached hydrogens (tertiary/aromatic N) is 4. The summed E-state index contributed by atoms with van der Waals surface area (Å²) in [7, 11) is 3.46. The van der Waals surface area contributed by atoms with E-state index in [2.05, 4.69) is 37.9 Å². The number of thiazole rings is 1. The van der Waals surface area contributed by atoms with Crippen LogP contribution in [-0.2, 0) is 30.2 Å². The van der Waals surface area contributed by atoms with Crippen LogP contribution in [0.15, 0.2) is 65.7 Å². The maximum atomic E-state index is 13.7. The van der Waals surface area contributed by atoms with E-state index in [1.165, 1.54) is 0 Å². The Morgan fingerprint density at radius 3 is 2.71 bits per heavy atom. The van der Waals surface area contributed by atoms with Gasteiger partial charge in [0, 0.05) is 42.4 Å². The molecule has 7 nitrogen and oxygen atoms in total. The first-order chi connectivity index (χ1) is 16.6. The van der Waals surface area contributed by atoms with Crippen LogP contribution < -0.4 is 10.1 Å². The lowest BCUT2D eigenvalue weighted by molar-refractivity contribution is -0.120. The maximum Gasteiger partial charge on any atom is 0.216 e. The molecule has 1 saturated carbocycles. The van der Waals surface area contributed by atoms with Crippen molar-refractivity contribution in [2.75, 3.05) is 7.11 Å². The molecule has 1 N–H and O–H groups in total. The molecule has 1 atom stereocenters. The molecule has 1 aliphatic rings. The smallest absolute Gasteiger partial charge is 0.216 e. The van der Waals surface area contributed by atoms with Gasteiger partial charge in [0.15, 0.2) is 5.78 Å². The summed E-state index contributed by atoms with van der Waals surface area (Å²) in [6.45, 7) is 0. The molecular weight excluding hydrogens is 446 g/mol. The zero-order chi connectivity index (χ0) is 23.5. The fraction of sp³-hybridized carbons (Fsp3) is 0.308. The van der Waals surface area contributed by atoms with Crippen molar-refractivity contribution in [1.82, 2.24) is 25.1 Å². The lowest BCUT2D eigenvalue weighted by Gasteiger charge is -2.24. The van der Waals surface area contributed by atoms with Crippen LogP contribution in [0.1, 0.15) is 29.7 Å². The molecule has 1 aromatic carbocycles. The van der Waals surface area contributed by atoms with Gasteiger partial charge < -0.3 is 4.74 Å². The van der Waals surface area contributed by atoms with E-state index < -0.39 is 0 Å². The Balaban J connectivity index is 1.42. The summed E-state index contributed by atoms with van der Waals surface area (Å²) in [5.41, 5.74) is 6.21. The number of hydrogen-bond acceptors (Lipinski definition) is 7. The van der Waals surface area contributed by atoms with Gasteiger partial charge in [-0.1, -0.05) is 30.3 Å². The summed E-state index contributed by atoms with van der Waals surface area (Å²) in [6.07, 6.45) is 6.41. The second-order valence-corrected chi connectivity index (χ2v) is 9.47. The lowest BCUT2D eigenvalue weighted by atomic mass is 9.96. The van der Waals surface area contributed by atoms with Crippen LogP contribution in [0.25, 0.3) is 11.3 Å². The Morgan fingerprint density at radius 1 is 1.24 bits per heavy atom. The molecular formula is C26H27N5O2S. The minimum Gasteiger partial charge on any atom is -0.481 e. The minimum absolute atomic E-state index is 0.101. The zero-order valence-corrected chi connectivity index (χ0v) is 20.1. The normalized spacial score (nSPS) is 15.1. The first-order valence-corrected chi connectivity index (χ1v) is 12.3. The van der Waals surface area contributed by atoms with Crippen LogP contribution >= 0.6 is 11.3 Å². The van der Waals surface area contributed by atoms with E-state index in [-0.39, 0.29) is 23.8 Å². The summed E-state index contributed by atoms with van der Waals surface area (Å²) in [4.78, 5) is 22.7. The van der Waals surface area contributed by atoms with Crippen LogP contribution in [0, 0.1) is 0 Å². The number of hydrogen-bond donors (Lipinski definition) is 1. The van der Waals surface area contributed by atoms with Crippen LogP contribution in [0.2, 0.25) is 0 Å². The van der Waals surface area contributed by atoms with E-state index in [9.17, 15) is 4.79 Å². The third kappa shape index (κ3) is 4.78. The van der Waals surface area contributed by atoms with Gasteiger partial charge in [0.2, 0.25) is 5.88 Å². The monoisotopic (exact) mass is 473 g/mol. The molecule has 0 amide bonds. The Bertz CT molecular complexity index is 1270. The number of Topliss-reactive ketones (excluding diaryl/α,β-unsaturated/α-hetero) is 1. The average Bonchev–Trinajstić information content (AvgIpc) is 3.22. The van der Waals surface area contributed by atoms with Crippen molar-refractivity contribution < 1.29 is 9.53 Å². The largest absolute Gasteiger partial charge is 0.481 e. The summed E-state index contributed by atoms with van der Waals surface area (Å²) in [5.74, 6) is 0.566. The Kier molecular flexibility index (Phi) is 6.26. The Hall–Kier alpha value is -3.36. The first-order valence-electron chi connectivity index (χ1n) is 11.3. The molecule has 8 heteroatoms. The third-order valence-electron chi connectivity index (χ3n) is 6.29. The van der Waals surface area contributed by atoms with Crippen molar-refractivity contribution >= 4 is 17.1 Å². The standard InChI is InChI=1S/C26H27N5O2S/c1-31-11-8-21(30-31)20-13-19(25(33-2)27-15-20)14-23(32)22(12-18-6-4-3-5-7-18)29-26(9-10-26)24-16-34-17-28-24/h3-8,11,13,15-17,22,29H,9-10,12,14H2,1-2H3/t22-/m0/s1. The molecule has 0 spiro atoms. The van der Waals surface area contributed by atoms with Crippen LogP contribution in [-0.4, -0.2) is 38.7 Å². The predicted octanol–water partition coefficient (Wildman–Crippen LogP) is 3.95. The summed E-state index contributed by atoms with van der Waals surface area (Å²) >= 11 is 1.59. The number of nitrogens with one attached hydrogen (secondary N) is 1. The molecule has 0 unspecified atom stereocenters. The van der Waals surface area contributed by atoms with Gasteiger partial charge in [-0.25, -0.2) is 9.97 Å². The van der Waals surface area contributed by atoms with Crippen molar-refractivity contribution in [3.8, 4) is 17.1 Å². The van der Waals surface area contributed by atoms with Crippen molar-refractivity contribution in [2.45, 2.75) is 37.3 Å². The molecule has 0 bridgehead atoms. The Morgan fingerprint density at radius 2 is 2.06 bits per heavy atom. The Labute approximate surface area is 202 Å². The summed E-state index contributed by atoms with van der Waals surface area (Å²) in [5, 5.41) is 10.2. The SMILES string of the molecule is COc1ncc(-c2ccn(C)n2)cc1CC(=O)[C@H](Cc1ccccc1)NC1(c2cscn2)CC1. The maximum absolute atomic E-state index is 13.7. The number of ether oxygens (including phenoxy) is 1. The molecule has 5 rings (SSSR count). The number of rotatable bonds is 10. The minimum atomic E-state index is -0.352. The van der Waals surface area contributed by atoms with Crippen molar-refractivity contribution in [3.63, 3.8) is 0 Å². The highest BCUT2D eigenvalue weighted by atomic mass is 32.1. The van der Waals surface area contributed by atoms with E-state index in [0.717, 1.165) is 40.9 Å². The number of aryl methyl sites for hydroxylation is 1. The number of carbonyl (C=O) groups is 1. The molecule has 1 aliphatic carbocycles. The average molecular weight is 474 g/mol. The van der Waals surface area contributed by atoms with E-state index >= 15 is 0 Å². The van der Waals surface area contributed by atoms with Gasteiger partial charge in [-0.2, -0.15) is 5.10 Å². The van der Waals surface area contributed by atoms with Gasteiger partial charge in [-0.15, -0.1) is 11.3 Å². The molecule has 3 aromatic heterocycles. The molecule has 0 radical (unpaired) electrons. The van der Waals surface area contributed by atoms with Crippen LogP contribution in [0.3, 0.4) is 0 Å². The summed E-state index contributed by atoms with van der Waals surface area (Å²) in [6, 6.07) is 13.7. The number of ketones is 1. The van der Waals surface area contributed by atoms with Gasteiger partial charge in [0.1, 0.15) is 0 Å². The molecule has 4 aromatic rings. The summed E-state index contributed by atoms with van der Waals surface area (Å²) < 4.78 is 7.24. The van der Waals surface area contributed by atoms with Gasteiger partial charge in [-0.05, 0) is 37.0 Å². The van der Waals surface area contributed by atoms with Gasteiger partial charge >= 0.3 is 0 Å². The fourth-order valence-electron chi connectivity index (χ4n) is 4.31. The van der Waals surface area contributed by atoms with Crippen molar-refractivity contribution in [2.24, 2.45) is 7.05 Å². The molecule has 3 heterocycles. The molecule has 174 valence electrons. The number of benzene rings is 1. The highest BCUT2D eigenvalue weighted by molar-refractivity contribution is 7.07. The molecule has 0 saturated heterocycles. The highest BCUT2D eigenvalue weighted by Crippen LogP contribution is 2.45. The zero-order valence-electron chi connectivity index (χ0n) is 19.3. The van der Waals surface area contributed by atoms with Crippen molar-refractivity contribution in [3.05, 3.63) is 82.6 Å². The van der Waals surface area contributed by atoms with Gasteiger partial charge in [0.25, 0.3) is 0 Å². The van der Waals surface area contributed by atoms with Crippen LogP contribution in [0.5, 0.6) is 5.88 Å². The fourth-order valence-corrected chi connectivity index (χ4v) is 4.96. The second kappa shape index (κ2) is 9.48. The van der Waals surface area contributed by atoms with E-state index in [0.29, 0.717) is 12.3 Å². The second-order valence-electron chi connectivity index (χ2n) is 8.75. The van der Waals surface area contributed by atoms with E-state index in [1.807, 2.05) is 49.1 Å². The lowest BCUT2D eigenvalue weighted by Crippen LogP contribution is -2.45. The van der Waals surface area contributed by atoms with E-state index in [4.69, 9.17) is 4.74 Å². The quantitative estimate of drug-likeness (QED) is 0.376. The molecule has 1 fully saturated rings. The van der Waals surface area contributed by atoms with Crippen molar-refractivity contribution in [1.29, 1.82) is 0 Å². The van der Waals surface area contributed by atoms with Crippen LogP contribution in [0.4, 0.5) is 0 Å². The predicted molar refractivity (Wildman–Crippen MR) is 132 cm³/mol. The third-order valence-corrected chi connectivity index (χ3v) is 6.87. The number of methoxy groups -OCH3 is 1. The molecule has 0 aliphatic heterocycles. The number of carbonyl (C=O) groups excluding carboxylic acids is 1. The molecule has 34 heavy (non-hydrogen) atoms. The van der Waals surface area contributed by atoms with Gasteiger partial charge in [-0.3, -0.25) is 14.8 Å². The topological polar surface area (TPSA) is 81.9 Å².